The first kappa shape index (κ1) is 16.1. The van der Waals surface area contributed by atoms with E-state index in [1.807, 2.05) is 4.90 Å². The van der Waals surface area contributed by atoms with Gasteiger partial charge in [-0.3, -0.25) is 14.8 Å². The van der Waals surface area contributed by atoms with Gasteiger partial charge < -0.3 is 10.0 Å². The maximum atomic E-state index is 12.6. The van der Waals surface area contributed by atoms with Crippen molar-refractivity contribution in [3.8, 4) is 17.0 Å². The van der Waals surface area contributed by atoms with Gasteiger partial charge in [-0.15, -0.1) is 0 Å². The molecule has 6 nitrogen and oxygen atoms in total. The first-order valence-electron chi connectivity index (χ1n) is 9.01. The van der Waals surface area contributed by atoms with E-state index >= 15 is 0 Å². The first-order valence-corrected chi connectivity index (χ1v) is 9.01. The van der Waals surface area contributed by atoms with E-state index in [2.05, 4.69) is 22.0 Å². The molecule has 25 heavy (non-hydrogen) atoms. The number of phenolic OH excluding ortho intramolecular Hbond substituents is 1. The lowest BCUT2D eigenvalue weighted by atomic mass is 9.97. The lowest BCUT2D eigenvalue weighted by Gasteiger charge is -2.49. The summed E-state index contributed by atoms with van der Waals surface area (Å²) in [4.78, 5) is 17.1. The molecule has 3 heterocycles. The van der Waals surface area contributed by atoms with Crippen molar-refractivity contribution in [1.82, 2.24) is 20.0 Å². The van der Waals surface area contributed by atoms with Crippen LogP contribution in [0.3, 0.4) is 0 Å². The zero-order chi connectivity index (χ0) is 17.4. The van der Waals surface area contributed by atoms with Crippen LogP contribution in [0.5, 0.6) is 5.75 Å². The van der Waals surface area contributed by atoms with E-state index in [0.717, 1.165) is 25.2 Å². The van der Waals surface area contributed by atoms with Gasteiger partial charge in [0, 0.05) is 30.7 Å². The summed E-state index contributed by atoms with van der Waals surface area (Å²) in [6.07, 6.45) is 3.85. The lowest BCUT2D eigenvalue weighted by Crippen LogP contribution is -2.63. The highest BCUT2D eigenvalue weighted by molar-refractivity contribution is 5.94. The number of nitrogens with one attached hydrogen (secondary N) is 1. The van der Waals surface area contributed by atoms with Crippen molar-refractivity contribution in [3.05, 3.63) is 36.0 Å². The summed E-state index contributed by atoms with van der Waals surface area (Å²) in [5.74, 6) is 0.229. The third-order valence-electron chi connectivity index (χ3n) is 5.44. The Labute approximate surface area is 147 Å². The molecule has 2 N–H and O–H groups in total. The van der Waals surface area contributed by atoms with Crippen LogP contribution in [-0.4, -0.2) is 62.7 Å². The molecule has 2 fully saturated rings. The van der Waals surface area contributed by atoms with Crippen molar-refractivity contribution in [2.24, 2.45) is 0 Å². The number of aromatic hydroxyl groups is 1. The minimum Gasteiger partial charge on any atom is -0.508 e. The van der Waals surface area contributed by atoms with Gasteiger partial charge in [0.1, 0.15) is 11.4 Å². The number of H-pyrrole nitrogens is 1. The minimum atomic E-state index is 0.0124. The van der Waals surface area contributed by atoms with Crippen molar-refractivity contribution in [2.45, 2.75) is 38.3 Å². The first-order chi connectivity index (χ1) is 12.1. The molecule has 2 aliphatic heterocycles. The Bertz CT molecular complexity index is 749. The zero-order valence-corrected chi connectivity index (χ0v) is 14.5. The highest BCUT2D eigenvalue weighted by atomic mass is 16.3. The highest BCUT2D eigenvalue weighted by Gasteiger charge is 2.38. The summed E-state index contributed by atoms with van der Waals surface area (Å²) < 4.78 is 0. The van der Waals surface area contributed by atoms with Gasteiger partial charge in [-0.25, -0.2) is 0 Å². The average molecular weight is 340 g/mol. The molecule has 0 aliphatic carbocycles. The molecular formula is C19H24N4O2. The number of rotatable bonds is 3. The molecule has 0 saturated carbocycles. The standard InChI is InChI=1S/C19H24N4O2/c1-13-4-2-3-9-23(13)15-11-22(12-15)19(25)18-10-17(20-21-18)14-5-7-16(24)8-6-14/h5-8,10,13,15,24H,2-4,9,11-12H2,1H3,(H,20,21)/t13-/m1/s1. The number of carbonyl (C=O) groups is 1. The van der Waals surface area contributed by atoms with Crippen LogP contribution in [0.15, 0.2) is 30.3 Å². The van der Waals surface area contributed by atoms with Gasteiger partial charge in [-0.1, -0.05) is 6.42 Å². The quantitative estimate of drug-likeness (QED) is 0.900. The molecule has 132 valence electrons. The molecule has 6 heteroatoms. The summed E-state index contributed by atoms with van der Waals surface area (Å²) in [6, 6.07) is 9.72. The fraction of sp³-hybridized carbons (Fsp3) is 0.474. The summed E-state index contributed by atoms with van der Waals surface area (Å²) in [5.41, 5.74) is 2.11. The number of hydrogen-bond acceptors (Lipinski definition) is 4. The van der Waals surface area contributed by atoms with Crippen LogP contribution in [0, 0.1) is 0 Å². The number of amides is 1. The molecular weight excluding hydrogens is 316 g/mol. The van der Waals surface area contributed by atoms with Gasteiger partial charge in [0.05, 0.1) is 5.69 Å². The monoisotopic (exact) mass is 340 g/mol. The van der Waals surface area contributed by atoms with Gasteiger partial charge in [0.15, 0.2) is 0 Å². The van der Waals surface area contributed by atoms with E-state index in [1.165, 1.54) is 19.3 Å². The van der Waals surface area contributed by atoms with Crippen molar-refractivity contribution in [2.75, 3.05) is 19.6 Å². The van der Waals surface area contributed by atoms with Crippen LogP contribution >= 0.6 is 0 Å². The van der Waals surface area contributed by atoms with Gasteiger partial charge in [-0.2, -0.15) is 5.10 Å². The number of likely N-dealkylation sites (tertiary alicyclic amines) is 2. The van der Waals surface area contributed by atoms with Crippen LogP contribution in [0.1, 0.15) is 36.7 Å². The molecule has 1 atom stereocenters. The second-order valence-corrected chi connectivity index (χ2v) is 7.16. The van der Waals surface area contributed by atoms with E-state index in [1.54, 1.807) is 30.3 Å². The van der Waals surface area contributed by atoms with E-state index in [4.69, 9.17) is 0 Å². The van der Waals surface area contributed by atoms with Crippen molar-refractivity contribution in [1.29, 1.82) is 0 Å². The maximum Gasteiger partial charge on any atom is 0.271 e. The smallest absolute Gasteiger partial charge is 0.271 e. The third kappa shape index (κ3) is 3.14. The van der Waals surface area contributed by atoms with Gasteiger partial charge >= 0.3 is 0 Å². The van der Waals surface area contributed by atoms with Crippen LogP contribution in [0.25, 0.3) is 11.3 Å². The summed E-state index contributed by atoms with van der Waals surface area (Å²) in [5, 5.41) is 16.5. The Morgan fingerprint density at radius 3 is 2.72 bits per heavy atom. The molecule has 0 bridgehead atoms. The molecule has 2 aliphatic rings. The average Bonchev–Trinajstić information content (AvgIpc) is 3.06. The summed E-state index contributed by atoms with van der Waals surface area (Å²) in [6.45, 7) is 5.05. The molecule has 2 aromatic rings. The molecule has 4 rings (SSSR count). The Hall–Kier alpha value is -2.34. The number of aromatic nitrogens is 2. The molecule has 0 unspecified atom stereocenters. The van der Waals surface area contributed by atoms with Gasteiger partial charge in [0.25, 0.3) is 5.91 Å². The fourth-order valence-electron chi connectivity index (χ4n) is 3.88. The maximum absolute atomic E-state index is 12.6. The third-order valence-corrected chi connectivity index (χ3v) is 5.44. The molecule has 0 spiro atoms. The summed E-state index contributed by atoms with van der Waals surface area (Å²) in [7, 11) is 0. The number of nitrogens with zero attached hydrogens (tertiary/aromatic N) is 3. The Morgan fingerprint density at radius 1 is 1.24 bits per heavy atom. The number of benzene rings is 1. The van der Waals surface area contributed by atoms with Gasteiger partial charge in [0.2, 0.25) is 0 Å². The molecule has 1 aromatic heterocycles. The van der Waals surface area contributed by atoms with Crippen LogP contribution < -0.4 is 0 Å². The summed E-state index contributed by atoms with van der Waals surface area (Å²) >= 11 is 0. The predicted octanol–water partition coefficient (Wildman–Crippen LogP) is 2.48. The van der Waals surface area contributed by atoms with E-state index in [9.17, 15) is 9.90 Å². The predicted molar refractivity (Wildman–Crippen MR) is 95.4 cm³/mol. The van der Waals surface area contributed by atoms with Crippen LogP contribution in [0.4, 0.5) is 0 Å². The molecule has 1 amide bonds. The number of carbonyl (C=O) groups excluding carboxylic acids is 1. The molecule has 0 radical (unpaired) electrons. The molecule has 2 saturated heterocycles. The largest absolute Gasteiger partial charge is 0.508 e. The SMILES string of the molecule is C[C@@H]1CCCCN1C1CN(C(=O)c2cc(-c3ccc(O)cc3)n[nH]2)C1. The van der Waals surface area contributed by atoms with E-state index in [-0.39, 0.29) is 11.7 Å². The number of aromatic amines is 1. The van der Waals surface area contributed by atoms with Crippen molar-refractivity contribution >= 4 is 5.91 Å². The minimum absolute atomic E-state index is 0.0124. The Kier molecular flexibility index (Phi) is 4.21. The second kappa shape index (κ2) is 6.52. The van der Waals surface area contributed by atoms with Crippen molar-refractivity contribution < 1.29 is 9.90 Å². The van der Waals surface area contributed by atoms with Gasteiger partial charge in [-0.05, 0) is 56.6 Å². The van der Waals surface area contributed by atoms with E-state index in [0.29, 0.717) is 23.5 Å². The molecule has 1 aromatic carbocycles. The zero-order valence-electron chi connectivity index (χ0n) is 14.5. The number of phenols is 1. The topological polar surface area (TPSA) is 72.5 Å². The van der Waals surface area contributed by atoms with E-state index < -0.39 is 0 Å². The van der Waals surface area contributed by atoms with Crippen molar-refractivity contribution in [3.63, 3.8) is 0 Å². The Morgan fingerprint density at radius 2 is 2.00 bits per heavy atom. The normalized spacial score (nSPS) is 22.0. The van der Waals surface area contributed by atoms with Crippen LogP contribution in [-0.2, 0) is 0 Å². The highest BCUT2D eigenvalue weighted by Crippen LogP contribution is 2.26. The van der Waals surface area contributed by atoms with Crippen LogP contribution in [0.2, 0.25) is 0 Å². The number of piperidine rings is 1. The number of hydrogen-bond donors (Lipinski definition) is 2. The second-order valence-electron chi connectivity index (χ2n) is 7.16. The Balaban J connectivity index is 1.39. The lowest BCUT2D eigenvalue weighted by molar-refractivity contribution is 0.00181. The fourth-order valence-corrected chi connectivity index (χ4v) is 3.88.